The van der Waals surface area contributed by atoms with Crippen molar-refractivity contribution in [1.29, 1.82) is 0 Å². The van der Waals surface area contributed by atoms with Gasteiger partial charge >= 0.3 is 15.6 Å². The largest absolute Gasteiger partial charge is 0.543 e. The summed E-state index contributed by atoms with van der Waals surface area (Å²) in [6.45, 7) is 1.57. The highest BCUT2D eigenvalue weighted by Crippen LogP contribution is 2.56. The quantitative estimate of drug-likeness (QED) is 0.0504. The molecule has 2 aliphatic heterocycles. The predicted octanol–water partition coefficient (Wildman–Crippen LogP) is 0.00200. The van der Waals surface area contributed by atoms with Crippen LogP contribution in [0.2, 0.25) is 0 Å². The standard InChI is InChI=1S/C22H22N8O11P2S4/c1-3-40-26-13(16-25-21(47-28-16)27-42(35,36)41-43(37,38)39)17(31)24-14-18(32)30-15(20(33)34)12(9-44-19(14)30)46-22-23-11(8-45-22)10-4-6-29(2)7-5-10/h4-8,14,19H,3,9H2,1-2H3,(H5-,24,25,27,28,31,33,34,35,36,37,38,39)/b26-13-/t14-,19-/m1/s1. The first-order valence-corrected chi connectivity index (χ1v) is 19.5. The molecule has 5 N–H and O–H groups in total. The van der Waals surface area contributed by atoms with Gasteiger partial charge in [0.1, 0.15) is 25.1 Å². The Balaban J connectivity index is 1.30. The van der Waals surface area contributed by atoms with E-state index in [1.54, 1.807) is 12.0 Å². The molecule has 1 fully saturated rings. The van der Waals surface area contributed by atoms with Gasteiger partial charge < -0.3 is 34.7 Å². The lowest BCUT2D eigenvalue weighted by atomic mass is 10.0. The number of oxime groups is 1. The van der Waals surface area contributed by atoms with E-state index in [-0.39, 0.29) is 18.1 Å². The van der Waals surface area contributed by atoms with E-state index in [2.05, 4.69) is 29.1 Å². The zero-order chi connectivity index (χ0) is 34.1. The van der Waals surface area contributed by atoms with E-state index in [1.165, 1.54) is 23.1 Å². The molecular formula is C22H22N8O11P2S4. The summed E-state index contributed by atoms with van der Waals surface area (Å²) in [5, 5.41) is 20.7. The van der Waals surface area contributed by atoms with Crippen molar-refractivity contribution in [3.05, 3.63) is 46.3 Å². The Morgan fingerprint density at radius 1 is 1.26 bits per heavy atom. The first-order chi connectivity index (χ1) is 22.2. The number of thioether (sulfide) groups is 2. The number of carbonyl (C=O) groups is 3. The number of aliphatic carboxylic acids is 1. The van der Waals surface area contributed by atoms with E-state index in [0.29, 0.717) is 26.5 Å². The average Bonchev–Trinajstić information content (AvgIpc) is 3.64. The summed E-state index contributed by atoms with van der Waals surface area (Å²) in [7, 11) is -8.56. The molecule has 2 amide bonds. The number of aryl methyl sites for hydroxylation is 1. The summed E-state index contributed by atoms with van der Waals surface area (Å²) in [5.41, 5.74) is 0.707. The Labute approximate surface area is 281 Å². The summed E-state index contributed by atoms with van der Waals surface area (Å²) in [6.07, 6.45) is 3.75. The average molecular weight is 765 g/mol. The predicted molar refractivity (Wildman–Crippen MR) is 166 cm³/mol. The van der Waals surface area contributed by atoms with Gasteiger partial charge in [0.25, 0.3) is 11.8 Å². The number of thiazole rings is 1. The minimum Gasteiger partial charge on any atom is -0.543 e. The summed E-state index contributed by atoms with van der Waals surface area (Å²) in [6, 6.07) is 2.61. The van der Waals surface area contributed by atoms with Crippen LogP contribution < -0.4 is 20.1 Å². The van der Waals surface area contributed by atoms with Crippen molar-refractivity contribution in [2.24, 2.45) is 12.2 Å². The molecule has 3 aromatic heterocycles. The van der Waals surface area contributed by atoms with Crippen LogP contribution in [0.4, 0.5) is 5.13 Å². The number of amides is 2. The number of rotatable bonds is 13. The highest BCUT2D eigenvalue weighted by atomic mass is 32.2. The van der Waals surface area contributed by atoms with E-state index in [1.807, 2.05) is 41.5 Å². The fraction of sp³-hybridized carbons (Fsp3) is 0.273. The molecule has 19 nitrogen and oxygen atoms in total. The summed E-state index contributed by atoms with van der Waals surface area (Å²) >= 11 is 4.06. The number of phosphoric acid groups is 1. The van der Waals surface area contributed by atoms with E-state index in [4.69, 9.17) is 14.6 Å². The summed E-state index contributed by atoms with van der Waals surface area (Å²) in [4.78, 5) is 80.7. The van der Waals surface area contributed by atoms with Crippen LogP contribution in [-0.4, -0.2) is 81.2 Å². The molecule has 0 bridgehead atoms. The van der Waals surface area contributed by atoms with Crippen LogP contribution in [0, 0.1) is 0 Å². The number of carboxylic acids is 1. The maximum absolute atomic E-state index is 13.2. The SMILES string of the molecule is CCO/N=C(\C(=O)N[C@@H]1C(=O)N2C(C(=O)[O-])=C(Sc3nc(-c4cc[n+](C)cc4)cs3)CS[C@H]12)c1nsc(NP(=O)(O)OP(=O)(O)O)n1. The molecule has 5 heterocycles. The minimum absolute atomic E-state index is 0.00743. The normalized spacial score (nSPS) is 19.5. The second-order valence-corrected chi connectivity index (χ2v) is 16.2. The molecule has 5 rings (SSSR count). The molecule has 2 aliphatic rings. The molecule has 47 heavy (non-hydrogen) atoms. The summed E-state index contributed by atoms with van der Waals surface area (Å²) < 4.78 is 33.0. The van der Waals surface area contributed by atoms with Gasteiger partial charge in [0.2, 0.25) is 16.7 Å². The second-order valence-electron chi connectivity index (χ2n) is 9.26. The number of fused-ring (bicyclic) bond motifs is 1. The number of pyridine rings is 1. The molecule has 1 saturated heterocycles. The molecule has 0 aromatic carbocycles. The molecule has 0 radical (unpaired) electrons. The third kappa shape index (κ3) is 8.26. The number of nitrogens with one attached hydrogen (secondary N) is 2. The Morgan fingerprint density at radius 2 is 1.98 bits per heavy atom. The Bertz CT molecular complexity index is 1880. The van der Waals surface area contributed by atoms with Crippen molar-refractivity contribution >= 4 is 90.6 Å². The zero-order valence-corrected chi connectivity index (χ0v) is 28.8. The number of anilines is 1. The smallest absolute Gasteiger partial charge is 0.478 e. The fourth-order valence-corrected chi connectivity index (χ4v) is 10.0. The van der Waals surface area contributed by atoms with Gasteiger partial charge in [-0.15, -0.1) is 23.1 Å². The van der Waals surface area contributed by atoms with Crippen LogP contribution in [0.25, 0.3) is 11.3 Å². The monoisotopic (exact) mass is 764 g/mol. The lowest BCUT2D eigenvalue weighted by Gasteiger charge is -2.50. The van der Waals surface area contributed by atoms with Gasteiger partial charge in [-0.25, -0.2) is 18.7 Å². The number of hydrogen-bond acceptors (Lipinski definition) is 16. The number of carbonyl (C=O) groups excluding carboxylic acids is 3. The lowest BCUT2D eigenvalue weighted by molar-refractivity contribution is -0.671. The molecule has 0 spiro atoms. The van der Waals surface area contributed by atoms with Crippen molar-refractivity contribution < 1.29 is 57.0 Å². The van der Waals surface area contributed by atoms with E-state index < -0.39 is 61.4 Å². The van der Waals surface area contributed by atoms with Crippen molar-refractivity contribution in [1.82, 2.24) is 24.6 Å². The highest BCUT2D eigenvalue weighted by Gasteiger charge is 2.53. The van der Waals surface area contributed by atoms with Crippen molar-refractivity contribution in [2.75, 3.05) is 17.4 Å². The van der Waals surface area contributed by atoms with Crippen LogP contribution in [0.3, 0.4) is 0 Å². The molecule has 3 atom stereocenters. The van der Waals surface area contributed by atoms with Crippen LogP contribution in [0.15, 0.2) is 50.0 Å². The Hall–Kier alpha value is -3.24. The van der Waals surface area contributed by atoms with Crippen LogP contribution in [0.5, 0.6) is 0 Å². The molecule has 3 aromatic rings. The molecule has 0 saturated carbocycles. The number of nitrogens with zero attached hydrogens (tertiary/aromatic N) is 6. The van der Waals surface area contributed by atoms with E-state index in [9.17, 15) is 33.5 Å². The topological polar surface area (TPSA) is 270 Å². The molecule has 1 unspecified atom stereocenters. The first kappa shape index (κ1) is 35.1. The van der Waals surface area contributed by atoms with Crippen LogP contribution >= 0.6 is 62.0 Å². The number of aromatic nitrogens is 4. The number of hydrogen-bond donors (Lipinski definition) is 5. The van der Waals surface area contributed by atoms with Gasteiger partial charge in [0.15, 0.2) is 16.7 Å². The first-order valence-electron chi connectivity index (χ1n) is 12.9. The number of β-lactam (4-membered cyclic amide) rings is 1. The van der Waals surface area contributed by atoms with Crippen molar-refractivity contribution in [3.63, 3.8) is 0 Å². The van der Waals surface area contributed by atoms with Gasteiger partial charge in [0.05, 0.1) is 17.4 Å². The van der Waals surface area contributed by atoms with Crippen molar-refractivity contribution in [2.45, 2.75) is 22.7 Å². The maximum Gasteiger partial charge on any atom is 0.478 e. The highest BCUT2D eigenvalue weighted by molar-refractivity contribution is 8.07. The lowest BCUT2D eigenvalue weighted by Crippen LogP contribution is -2.71. The zero-order valence-electron chi connectivity index (χ0n) is 23.8. The Morgan fingerprint density at radius 3 is 2.64 bits per heavy atom. The minimum atomic E-state index is -5.36. The molecule has 0 aliphatic carbocycles. The molecule has 250 valence electrons. The third-order valence-corrected chi connectivity index (χ3v) is 12.5. The molecular weight excluding hydrogens is 743 g/mol. The fourth-order valence-electron chi connectivity index (χ4n) is 4.05. The van der Waals surface area contributed by atoms with Crippen molar-refractivity contribution in [3.8, 4) is 11.3 Å². The number of carboxylic acid groups (broad SMARTS) is 1. The second kappa shape index (κ2) is 14.1. The van der Waals surface area contributed by atoms with E-state index >= 15 is 0 Å². The van der Waals surface area contributed by atoms with Gasteiger partial charge in [-0.2, -0.15) is 13.7 Å². The summed E-state index contributed by atoms with van der Waals surface area (Å²) in [5.74, 6) is -3.56. The Kier molecular flexibility index (Phi) is 10.5. The van der Waals surface area contributed by atoms with Crippen LogP contribution in [-0.2, 0) is 39.7 Å². The van der Waals surface area contributed by atoms with Gasteiger partial charge in [0, 0.05) is 45.3 Å². The van der Waals surface area contributed by atoms with Gasteiger partial charge in [-0.3, -0.25) is 19.6 Å². The van der Waals surface area contributed by atoms with E-state index in [0.717, 1.165) is 22.2 Å². The van der Waals surface area contributed by atoms with Gasteiger partial charge in [-0.05, 0) is 6.92 Å². The molecule has 25 heteroatoms. The van der Waals surface area contributed by atoms with Crippen LogP contribution in [0.1, 0.15) is 12.7 Å². The van der Waals surface area contributed by atoms with Gasteiger partial charge in [-0.1, -0.05) is 16.9 Å². The maximum atomic E-state index is 13.2. The third-order valence-electron chi connectivity index (χ3n) is 5.97.